The number of primary amides is 1. The van der Waals surface area contributed by atoms with Crippen LogP contribution in [0.1, 0.15) is 26.7 Å². The van der Waals surface area contributed by atoms with Crippen LogP contribution < -0.4 is 16.4 Å². The van der Waals surface area contributed by atoms with E-state index in [9.17, 15) is 9.59 Å². The first-order chi connectivity index (χ1) is 6.02. The maximum absolute atomic E-state index is 11.0. The molecule has 0 aromatic rings. The van der Waals surface area contributed by atoms with E-state index in [4.69, 9.17) is 5.73 Å². The van der Waals surface area contributed by atoms with Gasteiger partial charge in [-0.3, -0.25) is 14.9 Å². The zero-order valence-electron chi connectivity index (χ0n) is 8.09. The van der Waals surface area contributed by atoms with Crippen molar-refractivity contribution in [2.75, 3.05) is 6.67 Å². The van der Waals surface area contributed by atoms with Crippen LogP contribution in [0.4, 0.5) is 0 Å². The number of nitrogens with one attached hydrogen (secondary N) is 2. The lowest BCUT2D eigenvalue weighted by atomic mass is 10.3. The molecule has 0 bridgehead atoms. The van der Waals surface area contributed by atoms with Crippen molar-refractivity contribution in [3.05, 3.63) is 0 Å². The van der Waals surface area contributed by atoms with Crippen LogP contribution in [0.3, 0.4) is 0 Å². The van der Waals surface area contributed by atoms with Crippen LogP contribution in [0.5, 0.6) is 0 Å². The molecule has 76 valence electrons. The third kappa shape index (κ3) is 8.81. The average Bonchev–Trinajstić information content (AvgIpc) is 2.00. The predicted molar refractivity (Wildman–Crippen MR) is 49.7 cm³/mol. The van der Waals surface area contributed by atoms with Crippen LogP contribution in [0, 0.1) is 0 Å². The van der Waals surface area contributed by atoms with E-state index < -0.39 is 5.91 Å². The van der Waals surface area contributed by atoms with Crippen molar-refractivity contribution in [1.29, 1.82) is 0 Å². The van der Waals surface area contributed by atoms with E-state index in [0.29, 0.717) is 12.7 Å². The summed E-state index contributed by atoms with van der Waals surface area (Å²) in [5.41, 5.74) is 4.88. The molecule has 0 saturated heterocycles. The fourth-order valence-corrected chi connectivity index (χ4v) is 0.679. The lowest BCUT2D eigenvalue weighted by molar-refractivity contribution is -0.125. The zero-order chi connectivity index (χ0) is 10.3. The van der Waals surface area contributed by atoms with Gasteiger partial charge in [0.05, 0.1) is 6.67 Å². The summed E-state index contributed by atoms with van der Waals surface area (Å²) < 4.78 is 0. The summed E-state index contributed by atoms with van der Waals surface area (Å²) in [6.45, 7) is 4.39. The topological polar surface area (TPSA) is 84.2 Å². The van der Waals surface area contributed by atoms with Crippen molar-refractivity contribution < 1.29 is 9.59 Å². The number of hydrogen-bond donors (Lipinski definition) is 3. The van der Waals surface area contributed by atoms with Gasteiger partial charge in [0.2, 0.25) is 11.8 Å². The van der Waals surface area contributed by atoms with E-state index in [1.54, 1.807) is 0 Å². The normalized spacial score (nSPS) is 10.1. The monoisotopic (exact) mass is 187 g/mol. The fourth-order valence-electron chi connectivity index (χ4n) is 0.679. The second-order valence-corrected chi connectivity index (χ2v) is 3.10. The van der Waals surface area contributed by atoms with Gasteiger partial charge in [0.15, 0.2) is 0 Å². The molecule has 0 aliphatic rings. The largest absolute Gasteiger partial charge is 0.370 e. The molecule has 0 aliphatic heterocycles. The minimum atomic E-state index is -0.452. The third-order valence-corrected chi connectivity index (χ3v) is 1.39. The highest BCUT2D eigenvalue weighted by Crippen LogP contribution is 1.85. The van der Waals surface area contributed by atoms with E-state index in [1.807, 2.05) is 13.8 Å². The molecule has 0 fully saturated rings. The van der Waals surface area contributed by atoms with Gasteiger partial charge in [-0.05, 0) is 13.8 Å². The maximum atomic E-state index is 11.0. The molecule has 0 aliphatic carbocycles. The number of hydrogen-bond acceptors (Lipinski definition) is 3. The fraction of sp³-hybridized carbons (Fsp3) is 0.750. The van der Waals surface area contributed by atoms with Crippen molar-refractivity contribution in [2.45, 2.75) is 32.7 Å². The second-order valence-electron chi connectivity index (χ2n) is 3.10. The molecule has 0 saturated carbocycles. The van der Waals surface area contributed by atoms with E-state index in [0.717, 1.165) is 0 Å². The van der Waals surface area contributed by atoms with Crippen molar-refractivity contribution in [2.24, 2.45) is 5.73 Å². The first-order valence-electron chi connectivity index (χ1n) is 4.30. The van der Waals surface area contributed by atoms with Crippen molar-refractivity contribution in [3.63, 3.8) is 0 Å². The standard InChI is InChI=1S/C8H17N3O2/c1-6(2)10-5-11-8(13)4-3-7(9)12/h6,10H,3-5H2,1-2H3,(H2,9,12)(H,11,13). The Morgan fingerprint density at radius 3 is 2.38 bits per heavy atom. The number of carbonyl (C=O) groups excluding carboxylic acids is 2. The average molecular weight is 187 g/mol. The molecule has 0 aromatic carbocycles. The smallest absolute Gasteiger partial charge is 0.221 e. The Balaban J connectivity index is 3.36. The lowest BCUT2D eigenvalue weighted by Gasteiger charge is -2.08. The Hall–Kier alpha value is -1.10. The number of rotatable bonds is 6. The summed E-state index contributed by atoms with van der Waals surface area (Å²) in [6, 6.07) is 0.330. The van der Waals surface area contributed by atoms with Gasteiger partial charge in [0, 0.05) is 18.9 Å². The summed E-state index contributed by atoms with van der Waals surface area (Å²) in [4.78, 5) is 21.3. The number of carbonyl (C=O) groups is 2. The molecule has 2 amide bonds. The summed E-state index contributed by atoms with van der Waals surface area (Å²) in [7, 11) is 0. The highest BCUT2D eigenvalue weighted by Gasteiger charge is 2.02. The summed E-state index contributed by atoms with van der Waals surface area (Å²) in [5.74, 6) is -0.612. The summed E-state index contributed by atoms with van der Waals surface area (Å²) in [6.07, 6.45) is 0.266. The van der Waals surface area contributed by atoms with Gasteiger partial charge in [0.25, 0.3) is 0 Å². The van der Waals surface area contributed by atoms with Gasteiger partial charge in [-0.2, -0.15) is 0 Å². The van der Waals surface area contributed by atoms with Gasteiger partial charge in [0.1, 0.15) is 0 Å². The Bertz CT molecular complexity index is 180. The van der Waals surface area contributed by atoms with E-state index in [1.165, 1.54) is 0 Å². The van der Waals surface area contributed by atoms with Gasteiger partial charge in [-0.15, -0.1) is 0 Å². The van der Waals surface area contributed by atoms with Crippen LogP contribution in [0.25, 0.3) is 0 Å². The summed E-state index contributed by atoms with van der Waals surface area (Å²) in [5, 5.41) is 5.63. The minimum Gasteiger partial charge on any atom is -0.370 e. The Labute approximate surface area is 78.1 Å². The third-order valence-electron chi connectivity index (χ3n) is 1.39. The molecule has 5 nitrogen and oxygen atoms in total. The highest BCUT2D eigenvalue weighted by atomic mass is 16.2. The minimum absolute atomic E-state index is 0.105. The van der Waals surface area contributed by atoms with Crippen LogP contribution in [0.15, 0.2) is 0 Å². The van der Waals surface area contributed by atoms with Crippen LogP contribution in [-0.4, -0.2) is 24.5 Å². The van der Waals surface area contributed by atoms with Gasteiger partial charge in [-0.25, -0.2) is 0 Å². The second kappa shape index (κ2) is 6.42. The van der Waals surface area contributed by atoms with Gasteiger partial charge < -0.3 is 11.1 Å². The molecular weight excluding hydrogens is 170 g/mol. The van der Waals surface area contributed by atoms with Crippen molar-refractivity contribution >= 4 is 11.8 Å². The Kier molecular flexibility index (Phi) is 5.88. The molecule has 0 radical (unpaired) electrons. The lowest BCUT2D eigenvalue weighted by Crippen LogP contribution is -2.37. The summed E-state index contributed by atoms with van der Waals surface area (Å²) >= 11 is 0. The van der Waals surface area contributed by atoms with Crippen LogP contribution >= 0.6 is 0 Å². The van der Waals surface area contributed by atoms with E-state index in [2.05, 4.69) is 10.6 Å². The molecule has 0 aromatic heterocycles. The molecule has 0 rings (SSSR count). The zero-order valence-corrected chi connectivity index (χ0v) is 8.09. The van der Waals surface area contributed by atoms with Crippen LogP contribution in [0.2, 0.25) is 0 Å². The van der Waals surface area contributed by atoms with E-state index >= 15 is 0 Å². The number of nitrogens with two attached hydrogens (primary N) is 1. The molecule has 0 heterocycles. The van der Waals surface area contributed by atoms with E-state index in [-0.39, 0.29) is 18.7 Å². The molecule has 0 spiro atoms. The highest BCUT2D eigenvalue weighted by molar-refractivity contribution is 5.82. The van der Waals surface area contributed by atoms with Gasteiger partial charge in [-0.1, -0.05) is 0 Å². The van der Waals surface area contributed by atoms with Crippen LogP contribution in [-0.2, 0) is 9.59 Å². The predicted octanol–water partition coefficient (Wildman–Crippen LogP) is -0.676. The first kappa shape index (κ1) is 11.9. The molecule has 13 heavy (non-hydrogen) atoms. The quantitative estimate of drug-likeness (QED) is 0.482. The SMILES string of the molecule is CC(C)NCNC(=O)CCC(N)=O. The van der Waals surface area contributed by atoms with Crippen molar-refractivity contribution in [1.82, 2.24) is 10.6 Å². The molecular formula is C8H17N3O2. The van der Waals surface area contributed by atoms with Gasteiger partial charge >= 0.3 is 0 Å². The maximum Gasteiger partial charge on any atom is 0.221 e. The number of amides is 2. The molecule has 0 atom stereocenters. The Morgan fingerprint density at radius 1 is 1.31 bits per heavy atom. The molecule has 4 N–H and O–H groups in total. The molecule has 0 unspecified atom stereocenters. The first-order valence-corrected chi connectivity index (χ1v) is 4.30. The Morgan fingerprint density at radius 2 is 1.92 bits per heavy atom. The van der Waals surface area contributed by atoms with Crippen molar-refractivity contribution in [3.8, 4) is 0 Å². The molecule has 5 heteroatoms.